The normalized spacial score (nSPS) is 15.3. The first-order valence-electron chi connectivity index (χ1n) is 15.8. The van der Waals surface area contributed by atoms with Gasteiger partial charge in [-0.15, -0.1) is 10.2 Å². The number of fused-ring (bicyclic) bond motifs is 1. The maximum absolute atomic E-state index is 14.4. The number of carbonyl (C=O) groups excluding carboxylic acids is 2. The van der Waals surface area contributed by atoms with Crippen molar-refractivity contribution in [2.24, 2.45) is 0 Å². The lowest BCUT2D eigenvalue weighted by Gasteiger charge is -2.33. The number of hydrogen-bond donors (Lipinski definition) is 0. The number of hydrogen-bond acceptors (Lipinski definition) is 9. The fraction of sp³-hybridized carbons (Fsp3) is 0.500. The van der Waals surface area contributed by atoms with Gasteiger partial charge in [-0.25, -0.2) is 14.2 Å². The molecule has 1 fully saturated rings. The van der Waals surface area contributed by atoms with Crippen LogP contribution < -0.4 is 14.4 Å². The third kappa shape index (κ3) is 7.48. The number of carbonyl (C=O) groups is 2. The molecule has 46 heavy (non-hydrogen) atoms. The Bertz CT molecular complexity index is 1560. The number of benzene rings is 2. The zero-order valence-electron chi connectivity index (χ0n) is 27.6. The summed E-state index contributed by atoms with van der Waals surface area (Å²) in [5.74, 6) is 0.695. The van der Waals surface area contributed by atoms with Gasteiger partial charge in [0.25, 0.3) is 11.8 Å². The molecular formula is C34H43FN6O5. The first-order valence-corrected chi connectivity index (χ1v) is 15.8. The van der Waals surface area contributed by atoms with Crippen molar-refractivity contribution < 1.29 is 28.2 Å². The SMILES string of the molecule is CC(C)N(C(=O)c1cc(F)ccc1Oc1nncnc1N1CCC(Oc2cccc3c2CN(C(=O)OC(C)(C)C)C3)CC1)C(C)C. The van der Waals surface area contributed by atoms with Crippen molar-refractivity contribution in [2.45, 2.75) is 98.2 Å². The number of rotatable bonds is 8. The summed E-state index contributed by atoms with van der Waals surface area (Å²) < 4.78 is 32.6. The molecule has 0 N–H and O–H groups in total. The number of halogens is 1. The van der Waals surface area contributed by atoms with E-state index >= 15 is 0 Å². The van der Waals surface area contributed by atoms with Gasteiger partial charge in [-0.05, 0) is 78.3 Å². The van der Waals surface area contributed by atoms with Crippen LogP contribution in [0.5, 0.6) is 17.4 Å². The van der Waals surface area contributed by atoms with E-state index in [9.17, 15) is 14.0 Å². The summed E-state index contributed by atoms with van der Waals surface area (Å²) >= 11 is 0. The summed E-state index contributed by atoms with van der Waals surface area (Å²) in [7, 11) is 0. The molecule has 2 aromatic carbocycles. The Morgan fingerprint density at radius 3 is 2.39 bits per heavy atom. The second-order valence-electron chi connectivity index (χ2n) is 13.3. The molecule has 11 nitrogen and oxygen atoms in total. The molecule has 12 heteroatoms. The van der Waals surface area contributed by atoms with Crippen LogP contribution in [-0.4, -0.2) is 73.9 Å². The minimum atomic E-state index is -0.565. The molecule has 246 valence electrons. The van der Waals surface area contributed by atoms with Gasteiger partial charge in [-0.3, -0.25) is 9.69 Å². The summed E-state index contributed by atoms with van der Waals surface area (Å²) in [5.41, 5.74) is 1.60. The van der Waals surface area contributed by atoms with E-state index in [0.29, 0.717) is 44.8 Å². The smallest absolute Gasteiger partial charge is 0.410 e. The van der Waals surface area contributed by atoms with Crippen molar-refractivity contribution in [3.8, 4) is 17.4 Å². The molecule has 2 amide bonds. The van der Waals surface area contributed by atoms with Crippen LogP contribution in [-0.2, 0) is 17.8 Å². The second kappa shape index (κ2) is 13.5. The van der Waals surface area contributed by atoms with Crippen LogP contribution in [0.15, 0.2) is 42.7 Å². The largest absolute Gasteiger partial charge is 0.490 e. The molecule has 0 atom stereocenters. The van der Waals surface area contributed by atoms with E-state index in [2.05, 4.69) is 15.2 Å². The van der Waals surface area contributed by atoms with Crippen molar-refractivity contribution in [3.05, 3.63) is 65.2 Å². The zero-order valence-corrected chi connectivity index (χ0v) is 27.6. The predicted octanol–water partition coefficient (Wildman–Crippen LogP) is 6.36. The molecular weight excluding hydrogens is 591 g/mol. The Labute approximate surface area is 269 Å². The Hall–Kier alpha value is -4.48. The third-order valence-electron chi connectivity index (χ3n) is 7.92. The average Bonchev–Trinajstić information content (AvgIpc) is 3.44. The summed E-state index contributed by atoms with van der Waals surface area (Å²) in [4.78, 5) is 36.1. The van der Waals surface area contributed by atoms with E-state index in [4.69, 9.17) is 14.2 Å². The first kappa shape index (κ1) is 32.9. The van der Waals surface area contributed by atoms with E-state index < -0.39 is 11.4 Å². The minimum absolute atomic E-state index is 0.0446. The predicted molar refractivity (Wildman–Crippen MR) is 171 cm³/mol. The molecule has 3 aromatic rings. The summed E-state index contributed by atoms with van der Waals surface area (Å²) in [6.07, 6.45) is 2.39. The number of ether oxygens (including phenoxy) is 3. The van der Waals surface area contributed by atoms with Gasteiger partial charge in [0.05, 0.1) is 12.1 Å². The standard InChI is InChI=1S/C34H43FN6O5/c1-21(2)41(22(3)4)32(42)26-17-24(35)11-12-29(26)45-31-30(36-20-37-38-31)39-15-13-25(14-16-39)44-28-10-8-9-23-18-40(19-27(23)28)33(43)46-34(5,6)7/h8-12,17,20-22,25H,13-16,18-19H2,1-7H3. The molecule has 5 rings (SSSR count). The molecule has 2 aliphatic heterocycles. The van der Waals surface area contributed by atoms with Gasteiger partial charge in [0.2, 0.25) is 0 Å². The number of anilines is 1. The maximum Gasteiger partial charge on any atom is 0.410 e. The number of piperidine rings is 1. The summed E-state index contributed by atoms with van der Waals surface area (Å²) in [5, 5.41) is 8.11. The van der Waals surface area contributed by atoms with Crippen molar-refractivity contribution in [1.82, 2.24) is 25.0 Å². The molecule has 0 unspecified atom stereocenters. The van der Waals surface area contributed by atoms with Gasteiger partial charge in [-0.1, -0.05) is 12.1 Å². The van der Waals surface area contributed by atoms with Crippen LogP contribution in [0.25, 0.3) is 0 Å². The van der Waals surface area contributed by atoms with Gasteiger partial charge in [0.15, 0.2) is 5.82 Å². The van der Waals surface area contributed by atoms with Crippen molar-refractivity contribution >= 4 is 17.8 Å². The number of amides is 2. The Morgan fingerprint density at radius 1 is 1.00 bits per heavy atom. The van der Waals surface area contributed by atoms with Crippen molar-refractivity contribution in [2.75, 3.05) is 18.0 Å². The van der Waals surface area contributed by atoms with Gasteiger partial charge in [0.1, 0.15) is 35.3 Å². The Kier molecular flexibility index (Phi) is 9.64. The molecule has 2 aliphatic rings. The molecule has 3 heterocycles. The number of nitrogens with zero attached hydrogens (tertiary/aromatic N) is 6. The highest BCUT2D eigenvalue weighted by Crippen LogP contribution is 2.36. The summed E-state index contributed by atoms with van der Waals surface area (Å²) in [6, 6.07) is 9.60. The lowest BCUT2D eigenvalue weighted by atomic mass is 10.1. The second-order valence-corrected chi connectivity index (χ2v) is 13.3. The topological polar surface area (TPSA) is 110 Å². The van der Waals surface area contributed by atoms with Crippen molar-refractivity contribution in [1.29, 1.82) is 0 Å². The van der Waals surface area contributed by atoms with Gasteiger partial charge in [0, 0.05) is 50.1 Å². The first-order chi connectivity index (χ1) is 21.8. The van der Waals surface area contributed by atoms with Crippen LogP contribution in [0.2, 0.25) is 0 Å². The zero-order chi connectivity index (χ0) is 33.2. The Morgan fingerprint density at radius 2 is 1.72 bits per heavy atom. The third-order valence-corrected chi connectivity index (χ3v) is 7.92. The molecule has 1 saturated heterocycles. The fourth-order valence-electron chi connectivity index (χ4n) is 5.93. The van der Waals surface area contributed by atoms with E-state index in [1.165, 1.54) is 24.5 Å². The van der Waals surface area contributed by atoms with E-state index in [-0.39, 0.29) is 47.4 Å². The minimum Gasteiger partial charge on any atom is -0.490 e. The van der Waals surface area contributed by atoms with Crippen molar-refractivity contribution in [3.63, 3.8) is 0 Å². The van der Waals surface area contributed by atoms with Crippen LogP contribution in [0.3, 0.4) is 0 Å². The molecule has 0 radical (unpaired) electrons. The highest BCUT2D eigenvalue weighted by molar-refractivity contribution is 5.97. The lowest BCUT2D eigenvalue weighted by Crippen LogP contribution is -2.42. The van der Waals surface area contributed by atoms with Crippen LogP contribution >= 0.6 is 0 Å². The molecule has 0 bridgehead atoms. The Balaban J connectivity index is 1.26. The molecule has 0 aliphatic carbocycles. The van der Waals surface area contributed by atoms with E-state index in [0.717, 1.165) is 16.9 Å². The monoisotopic (exact) mass is 634 g/mol. The molecule has 1 aromatic heterocycles. The summed E-state index contributed by atoms with van der Waals surface area (Å²) in [6.45, 7) is 15.4. The molecule has 0 spiro atoms. The highest BCUT2D eigenvalue weighted by atomic mass is 19.1. The fourth-order valence-corrected chi connectivity index (χ4v) is 5.93. The average molecular weight is 635 g/mol. The van der Waals surface area contributed by atoms with Crippen LogP contribution in [0, 0.1) is 5.82 Å². The molecule has 0 saturated carbocycles. The van der Waals surface area contributed by atoms with Crippen LogP contribution in [0.1, 0.15) is 82.8 Å². The van der Waals surface area contributed by atoms with E-state index in [1.54, 1.807) is 9.80 Å². The number of aromatic nitrogens is 3. The van der Waals surface area contributed by atoms with Gasteiger partial charge in [-0.2, -0.15) is 0 Å². The quantitative estimate of drug-likeness (QED) is 0.280. The highest BCUT2D eigenvalue weighted by Gasteiger charge is 2.32. The maximum atomic E-state index is 14.4. The lowest BCUT2D eigenvalue weighted by molar-refractivity contribution is 0.0240. The van der Waals surface area contributed by atoms with Gasteiger partial charge >= 0.3 is 6.09 Å². The van der Waals surface area contributed by atoms with E-state index in [1.807, 2.05) is 71.6 Å². The van der Waals surface area contributed by atoms with Crippen LogP contribution in [0.4, 0.5) is 15.0 Å². The van der Waals surface area contributed by atoms with Gasteiger partial charge < -0.3 is 24.0 Å².